The molecule has 1 aromatic heterocycles. The molecular weight excluding hydrogens is 424 g/mol. The van der Waals surface area contributed by atoms with Crippen LogP contribution in [0.2, 0.25) is 0 Å². The van der Waals surface area contributed by atoms with Gasteiger partial charge in [0.1, 0.15) is 18.1 Å². The van der Waals surface area contributed by atoms with Gasteiger partial charge in [0.05, 0.1) is 5.56 Å². The van der Waals surface area contributed by atoms with Crippen molar-refractivity contribution in [3.05, 3.63) is 69.4 Å². The maximum absolute atomic E-state index is 12.3. The van der Waals surface area contributed by atoms with Crippen molar-refractivity contribution >= 4 is 23.3 Å². The summed E-state index contributed by atoms with van der Waals surface area (Å²) in [6, 6.07) is 12.1. The summed E-state index contributed by atoms with van der Waals surface area (Å²) in [5.74, 6) is 1.53. The normalized spacial score (nSPS) is 13.2. The molecule has 9 heteroatoms. The second kappa shape index (κ2) is 8.19. The van der Waals surface area contributed by atoms with E-state index in [9.17, 15) is 9.59 Å². The molecule has 5 rings (SSSR count). The van der Waals surface area contributed by atoms with Crippen LogP contribution in [0, 0.1) is 0 Å². The van der Waals surface area contributed by atoms with Crippen molar-refractivity contribution < 1.29 is 38.0 Å². The Morgan fingerprint density at radius 2 is 1.29 bits per heavy atom. The topological polar surface area (TPSA) is 89.5 Å². The SMILES string of the molecule is O=C(OCc1ccc2c(c1)OCO2)c1csc(C(=O)OCc2ccc3c(c2)OCO3)c1. The van der Waals surface area contributed by atoms with Crippen LogP contribution in [0.5, 0.6) is 23.0 Å². The standard InChI is InChI=1S/C22H16O8S/c23-21(25-8-13-1-3-16-18(5-13)29-11-27-16)15-7-20(31-10-15)22(24)26-9-14-2-4-17-19(6-14)30-12-28-17/h1-7,10H,8-9,11-12H2. The Morgan fingerprint density at radius 1 is 0.742 bits per heavy atom. The van der Waals surface area contributed by atoms with Crippen LogP contribution in [0.3, 0.4) is 0 Å². The predicted octanol–water partition coefficient (Wildman–Crippen LogP) is 3.92. The van der Waals surface area contributed by atoms with Gasteiger partial charge in [-0.3, -0.25) is 0 Å². The van der Waals surface area contributed by atoms with Crippen molar-refractivity contribution in [2.24, 2.45) is 0 Å². The molecule has 0 N–H and O–H groups in total. The molecule has 31 heavy (non-hydrogen) atoms. The van der Waals surface area contributed by atoms with E-state index in [1.165, 1.54) is 6.07 Å². The van der Waals surface area contributed by atoms with Crippen LogP contribution in [-0.2, 0) is 22.7 Å². The fraction of sp³-hybridized carbons (Fsp3) is 0.182. The van der Waals surface area contributed by atoms with Crippen LogP contribution in [0.15, 0.2) is 47.8 Å². The first-order valence-electron chi connectivity index (χ1n) is 9.35. The third-order valence-electron chi connectivity index (χ3n) is 4.65. The molecule has 0 unspecified atom stereocenters. The molecule has 2 aromatic carbocycles. The highest BCUT2D eigenvalue weighted by atomic mass is 32.1. The third kappa shape index (κ3) is 4.13. The molecule has 0 amide bonds. The van der Waals surface area contributed by atoms with Gasteiger partial charge in [-0.25, -0.2) is 9.59 Å². The lowest BCUT2D eigenvalue weighted by Gasteiger charge is -2.05. The number of ether oxygens (including phenoxy) is 6. The van der Waals surface area contributed by atoms with Crippen LogP contribution in [0.4, 0.5) is 0 Å². The second-order valence-electron chi connectivity index (χ2n) is 6.73. The van der Waals surface area contributed by atoms with Crippen LogP contribution >= 0.6 is 11.3 Å². The highest BCUT2D eigenvalue weighted by molar-refractivity contribution is 7.12. The van der Waals surface area contributed by atoms with E-state index in [0.29, 0.717) is 33.4 Å². The lowest BCUT2D eigenvalue weighted by Crippen LogP contribution is -2.05. The van der Waals surface area contributed by atoms with Crippen LogP contribution in [0.25, 0.3) is 0 Å². The monoisotopic (exact) mass is 440 g/mol. The van der Waals surface area contributed by atoms with Gasteiger partial charge in [0.25, 0.3) is 0 Å². The number of thiophene rings is 1. The number of hydrogen-bond donors (Lipinski definition) is 0. The zero-order valence-electron chi connectivity index (χ0n) is 16.1. The number of carbonyl (C=O) groups excluding carboxylic acids is 2. The molecule has 2 aliphatic heterocycles. The van der Waals surface area contributed by atoms with E-state index >= 15 is 0 Å². The fourth-order valence-corrected chi connectivity index (χ4v) is 3.83. The highest BCUT2D eigenvalue weighted by Crippen LogP contribution is 2.33. The van der Waals surface area contributed by atoms with E-state index in [0.717, 1.165) is 22.5 Å². The van der Waals surface area contributed by atoms with Gasteiger partial charge in [-0.2, -0.15) is 0 Å². The molecule has 0 saturated carbocycles. The number of benzene rings is 2. The van der Waals surface area contributed by atoms with E-state index < -0.39 is 11.9 Å². The Labute approximate surface area is 180 Å². The van der Waals surface area contributed by atoms with Gasteiger partial charge in [0, 0.05) is 5.38 Å². The molecule has 3 heterocycles. The Bertz CT molecular complexity index is 1060. The van der Waals surface area contributed by atoms with Gasteiger partial charge in [-0.05, 0) is 41.5 Å². The molecule has 3 aromatic rings. The molecule has 0 spiro atoms. The average Bonchev–Trinajstić information content (AvgIpc) is 3.55. The molecule has 0 radical (unpaired) electrons. The van der Waals surface area contributed by atoms with Gasteiger partial charge >= 0.3 is 11.9 Å². The quantitative estimate of drug-likeness (QED) is 0.533. The Hall–Kier alpha value is -3.72. The van der Waals surface area contributed by atoms with Gasteiger partial charge in [-0.1, -0.05) is 12.1 Å². The zero-order chi connectivity index (χ0) is 21.2. The average molecular weight is 440 g/mol. The molecule has 8 nitrogen and oxygen atoms in total. The van der Waals surface area contributed by atoms with Gasteiger partial charge in [0.15, 0.2) is 23.0 Å². The van der Waals surface area contributed by atoms with Crippen molar-refractivity contribution in [3.63, 3.8) is 0 Å². The molecule has 0 aliphatic carbocycles. The molecule has 0 atom stereocenters. The summed E-state index contributed by atoms with van der Waals surface area (Å²) < 4.78 is 31.8. The largest absolute Gasteiger partial charge is 0.457 e. The summed E-state index contributed by atoms with van der Waals surface area (Å²) in [6.07, 6.45) is 0. The van der Waals surface area contributed by atoms with Crippen molar-refractivity contribution in [2.45, 2.75) is 13.2 Å². The van der Waals surface area contributed by atoms with E-state index in [1.807, 2.05) is 0 Å². The summed E-state index contributed by atoms with van der Waals surface area (Å²) in [6.45, 7) is 0.523. The van der Waals surface area contributed by atoms with E-state index in [2.05, 4.69) is 0 Å². The summed E-state index contributed by atoms with van der Waals surface area (Å²) >= 11 is 1.12. The molecular formula is C22H16O8S. The van der Waals surface area contributed by atoms with E-state index in [-0.39, 0.29) is 26.8 Å². The Kier molecular flexibility index (Phi) is 5.09. The number of fused-ring (bicyclic) bond motifs is 2. The van der Waals surface area contributed by atoms with Crippen LogP contribution < -0.4 is 18.9 Å². The second-order valence-corrected chi connectivity index (χ2v) is 7.64. The minimum absolute atomic E-state index is 0.0786. The van der Waals surface area contributed by atoms with Crippen molar-refractivity contribution in [1.82, 2.24) is 0 Å². The number of hydrogen-bond acceptors (Lipinski definition) is 9. The first-order valence-corrected chi connectivity index (χ1v) is 10.2. The minimum atomic E-state index is -0.524. The molecule has 2 aliphatic rings. The lowest BCUT2D eigenvalue weighted by molar-refractivity contribution is 0.0473. The van der Waals surface area contributed by atoms with Crippen molar-refractivity contribution in [1.29, 1.82) is 0 Å². The smallest absolute Gasteiger partial charge is 0.348 e. The van der Waals surface area contributed by atoms with Gasteiger partial charge in [0.2, 0.25) is 13.6 Å². The molecule has 0 bridgehead atoms. The van der Waals surface area contributed by atoms with E-state index in [1.54, 1.807) is 41.8 Å². The van der Waals surface area contributed by atoms with Crippen LogP contribution in [0.1, 0.15) is 31.2 Å². The van der Waals surface area contributed by atoms with Crippen molar-refractivity contribution in [3.8, 4) is 23.0 Å². The lowest BCUT2D eigenvalue weighted by atomic mass is 10.2. The molecule has 0 fully saturated rings. The first kappa shape index (κ1) is 19.3. The molecule has 158 valence electrons. The highest BCUT2D eigenvalue weighted by Gasteiger charge is 2.18. The predicted molar refractivity (Wildman–Crippen MR) is 108 cm³/mol. The maximum Gasteiger partial charge on any atom is 0.348 e. The van der Waals surface area contributed by atoms with E-state index in [4.69, 9.17) is 28.4 Å². The van der Waals surface area contributed by atoms with Gasteiger partial charge in [-0.15, -0.1) is 11.3 Å². The summed E-state index contributed by atoms with van der Waals surface area (Å²) in [5.41, 5.74) is 1.84. The van der Waals surface area contributed by atoms with Crippen molar-refractivity contribution in [2.75, 3.05) is 13.6 Å². The number of esters is 2. The third-order valence-corrected chi connectivity index (χ3v) is 5.56. The fourth-order valence-electron chi connectivity index (χ4n) is 3.06. The summed E-state index contributed by atoms with van der Waals surface area (Å²) in [4.78, 5) is 25.0. The van der Waals surface area contributed by atoms with Crippen LogP contribution in [-0.4, -0.2) is 25.5 Å². The first-order chi connectivity index (χ1) is 15.2. The van der Waals surface area contributed by atoms with Gasteiger partial charge < -0.3 is 28.4 Å². The maximum atomic E-state index is 12.3. The Morgan fingerprint density at radius 3 is 1.90 bits per heavy atom. The summed E-state index contributed by atoms with van der Waals surface area (Å²) in [5, 5.41) is 1.57. The molecule has 0 saturated heterocycles. The summed E-state index contributed by atoms with van der Waals surface area (Å²) in [7, 11) is 0. The number of rotatable bonds is 6. The zero-order valence-corrected chi connectivity index (χ0v) is 16.9. The minimum Gasteiger partial charge on any atom is -0.457 e. The number of carbonyl (C=O) groups is 2. The Balaban J connectivity index is 1.15.